The van der Waals surface area contributed by atoms with Crippen LogP contribution in [0.5, 0.6) is 0 Å². The molecule has 14 heteroatoms. The van der Waals surface area contributed by atoms with E-state index in [1.807, 2.05) is 30.5 Å². The second-order valence-electron chi connectivity index (χ2n) is 15.0. The van der Waals surface area contributed by atoms with Crippen molar-refractivity contribution in [1.82, 2.24) is 34.6 Å². The summed E-state index contributed by atoms with van der Waals surface area (Å²) >= 11 is 0. The molecule has 0 spiro atoms. The van der Waals surface area contributed by atoms with Crippen LogP contribution in [0.4, 0.5) is 33.6 Å². The van der Waals surface area contributed by atoms with Crippen molar-refractivity contribution < 1.29 is 14.4 Å². The van der Waals surface area contributed by atoms with Crippen molar-refractivity contribution in [2.24, 2.45) is 5.92 Å². The average molecular weight is 720 g/mol. The van der Waals surface area contributed by atoms with Crippen LogP contribution in [0.25, 0.3) is 11.0 Å². The van der Waals surface area contributed by atoms with Crippen molar-refractivity contribution in [3.8, 4) is 0 Å². The van der Waals surface area contributed by atoms with Crippen LogP contribution in [-0.4, -0.2) is 114 Å². The first kappa shape index (κ1) is 34.8. The Morgan fingerprint density at radius 3 is 2.21 bits per heavy atom. The summed E-state index contributed by atoms with van der Waals surface area (Å²) in [5.74, 6) is 1.60. The van der Waals surface area contributed by atoms with Gasteiger partial charge in [0.15, 0.2) is 0 Å². The van der Waals surface area contributed by atoms with Gasteiger partial charge in [0.1, 0.15) is 17.2 Å². The van der Waals surface area contributed by atoms with Gasteiger partial charge in [-0.05, 0) is 74.1 Å². The van der Waals surface area contributed by atoms with Gasteiger partial charge in [-0.2, -0.15) is 4.98 Å². The average Bonchev–Trinajstić information content (AvgIpc) is 3.84. The van der Waals surface area contributed by atoms with Crippen molar-refractivity contribution in [3.05, 3.63) is 60.6 Å². The van der Waals surface area contributed by atoms with Crippen LogP contribution in [-0.2, 0) is 4.79 Å². The number of hydrogen-bond donors (Lipinski definition) is 2. The molecule has 2 N–H and O–H groups in total. The summed E-state index contributed by atoms with van der Waals surface area (Å²) in [6.45, 7) is 7.59. The van der Waals surface area contributed by atoms with Gasteiger partial charge < -0.3 is 24.6 Å². The summed E-state index contributed by atoms with van der Waals surface area (Å²) in [7, 11) is 3.57. The number of hydrogen-bond acceptors (Lipinski definition) is 10. The summed E-state index contributed by atoms with van der Waals surface area (Å²) in [5, 5.41) is 6.56. The van der Waals surface area contributed by atoms with Crippen LogP contribution in [0, 0.1) is 5.92 Å². The zero-order valence-electron chi connectivity index (χ0n) is 30.7. The maximum absolute atomic E-state index is 13.1. The Kier molecular flexibility index (Phi) is 9.86. The van der Waals surface area contributed by atoms with E-state index >= 15 is 0 Å². The molecule has 4 aromatic rings. The van der Waals surface area contributed by atoms with E-state index in [0.717, 1.165) is 107 Å². The Morgan fingerprint density at radius 2 is 1.53 bits per heavy atom. The zero-order chi connectivity index (χ0) is 36.5. The molecule has 14 nitrogen and oxygen atoms in total. The predicted octanol–water partition coefficient (Wildman–Crippen LogP) is 4.87. The minimum absolute atomic E-state index is 0.0174. The highest BCUT2D eigenvalue weighted by Crippen LogP contribution is 2.35. The topological polar surface area (TPSA) is 135 Å². The lowest BCUT2D eigenvalue weighted by atomic mass is 9.95. The van der Waals surface area contributed by atoms with Gasteiger partial charge in [0.2, 0.25) is 11.9 Å². The lowest BCUT2D eigenvalue weighted by molar-refractivity contribution is -0.120. The number of piperidine rings is 1. The van der Waals surface area contributed by atoms with E-state index in [9.17, 15) is 14.4 Å². The van der Waals surface area contributed by atoms with E-state index in [1.54, 1.807) is 30.1 Å². The molecule has 3 aliphatic heterocycles. The van der Waals surface area contributed by atoms with Gasteiger partial charge in [0, 0.05) is 102 Å². The Labute approximate surface area is 310 Å². The quantitative estimate of drug-likeness (QED) is 0.247. The van der Waals surface area contributed by atoms with E-state index < -0.39 is 0 Å². The molecule has 278 valence electrons. The van der Waals surface area contributed by atoms with Gasteiger partial charge in [-0.25, -0.2) is 14.8 Å². The number of pyridine rings is 1. The monoisotopic (exact) mass is 719 g/mol. The first-order chi connectivity index (χ1) is 25.8. The minimum Gasteiger partial charge on any atom is -0.372 e. The van der Waals surface area contributed by atoms with E-state index in [2.05, 4.69) is 53.1 Å². The van der Waals surface area contributed by atoms with Gasteiger partial charge >= 0.3 is 6.03 Å². The molecule has 0 radical (unpaired) electrons. The van der Waals surface area contributed by atoms with Crippen LogP contribution in [0.2, 0.25) is 0 Å². The highest BCUT2D eigenvalue weighted by Gasteiger charge is 2.28. The van der Waals surface area contributed by atoms with Crippen molar-refractivity contribution in [2.45, 2.75) is 51.0 Å². The number of fused-ring (bicyclic) bond motifs is 1. The molecule has 3 aromatic heterocycles. The number of nitrogens with zero attached hydrogens (tertiary/aromatic N) is 9. The number of imide groups is 1. The molecule has 0 unspecified atom stereocenters. The van der Waals surface area contributed by atoms with Crippen LogP contribution in [0.1, 0.15) is 61.5 Å². The molecule has 4 aliphatic rings. The molecule has 0 atom stereocenters. The number of piperazine rings is 1. The number of carbonyl (C=O) groups is 3. The lowest BCUT2D eigenvalue weighted by Crippen LogP contribution is -2.49. The van der Waals surface area contributed by atoms with Crippen LogP contribution < -0.4 is 25.3 Å². The van der Waals surface area contributed by atoms with Crippen LogP contribution in [0.15, 0.2) is 54.9 Å². The largest absolute Gasteiger partial charge is 0.372 e. The highest BCUT2D eigenvalue weighted by atomic mass is 16.2. The van der Waals surface area contributed by atoms with E-state index in [-0.39, 0.29) is 23.9 Å². The fourth-order valence-corrected chi connectivity index (χ4v) is 8.34. The molecule has 1 saturated carbocycles. The van der Waals surface area contributed by atoms with Crippen molar-refractivity contribution in [3.63, 3.8) is 0 Å². The van der Waals surface area contributed by atoms with Crippen molar-refractivity contribution in [2.75, 3.05) is 86.5 Å². The normalized spacial score (nSPS) is 19.2. The fourth-order valence-electron chi connectivity index (χ4n) is 8.34. The molecule has 0 bridgehead atoms. The standard InChI is InChI=1S/C39H49N11O3/c1-45(2)37(52)33-23-28-24-41-38(44-36(28)50(33)31-5-3-4-6-31)42-34-12-11-32(25-40-34)48-21-19-46(20-22-48)26-27-13-16-47(17-14-27)29-7-9-30(10-8-29)49-18-15-35(51)43-39(49)53/h7-12,23-25,27,31H,3-6,13-22,26H2,1-2H3,(H,43,51,53)(H,40,41,42,44). The summed E-state index contributed by atoms with van der Waals surface area (Å²) in [4.78, 5) is 61.6. The number of rotatable bonds is 9. The Bertz CT molecular complexity index is 1940. The number of carbonyl (C=O) groups excluding carboxylic acids is 3. The molecule has 8 rings (SSSR count). The number of benzene rings is 1. The molecule has 1 aliphatic carbocycles. The molecule has 3 saturated heterocycles. The summed E-state index contributed by atoms with van der Waals surface area (Å²) in [6, 6.07) is 14.1. The van der Waals surface area contributed by atoms with Crippen LogP contribution in [0.3, 0.4) is 0 Å². The minimum atomic E-state index is -0.348. The number of amides is 4. The number of urea groups is 1. The smallest absolute Gasteiger partial charge is 0.328 e. The van der Waals surface area contributed by atoms with Gasteiger partial charge in [0.05, 0.1) is 11.9 Å². The fraction of sp³-hybridized carbons (Fsp3) is 0.487. The second kappa shape index (κ2) is 15.0. The highest BCUT2D eigenvalue weighted by molar-refractivity contribution is 6.05. The van der Waals surface area contributed by atoms with E-state index in [0.29, 0.717) is 36.3 Å². The molecular weight excluding hydrogens is 671 g/mol. The Hall–Kier alpha value is -5.24. The first-order valence-corrected chi connectivity index (χ1v) is 19.1. The van der Waals surface area contributed by atoms with Crippen LogP contribution >= 0.6 is 0 Å². The number of anilines is 5. The molecule has 6 heterocycles. The molecular formula is C39H49N11O3. The van der Waals surface area contributed by atoms with Gasteiger partial charge in [0.25, 0.3) is 5.91 Å². The molecule has 4 amide bonds. The maximum atomic E-state index is 13.1. The molecule has 53 heavy (non-hydrogen) atoms. The Morgan fingerprint density at radius 1 is 0.830 bits per heavy atom. The number of aromatic nitrogens is 4. The van der Waals surface area contributed by atoms with Gasteiger partial charge in [-0.3, -0.25) is 24.7 Å². The summed E-state index contributed by atoms with van der Waals surface area (Å²) < 4.78 is 2.13. The van der Waals surface area contributed by atoms with Crippen molar-refractivity contribution >= 4 is 57.7 Å². The van der Waals surface area contributed by atoms with Gasteiger partial charge in [-0.15, -0.1) is 0 Å². The third-order valence-corrected chi connectivity index (χ3v) is 11.3. The lowest BCUT2D eigenvalue weighted by Gasteiger charge is -2.40. The zero-order valence-corrected chi connectivity index (χ0v) is 30.7. The molecule has 4 fully saturated rings. The van der Waals surface area contributed by atoms with Crippen molar-refractivity contribution in [1.29, 1.82) is 0 Å². The Balaban J connectivity index is 0.815. The SMILES string of the molecule is CN(C)C(=O)c1cc2cnc(Nc3ccc(N4CCN(CC5CCN(c6ccc(N7CCC(=O)NC7=O)cc6)CC5)CC4)cn3)nc2n1C1CCCC1. The van der Waals surface area contributed by atoms with Gasteiger partial charge in [-0.1, -0.05) is 12.8 Å². The molecule has 1 aromatic carbocycles. The summed E-state index contributed by atoms with van der Waals surface area (Å²) in [5.41, 5.74) is 4.57. The number of nitrogens with one attached hydrogen (secondary N) is 2. The van der Waals surface area contributed by atoms with E-state index in [4.69, 9.17) is 9.97 Å². The van der Waals surface area contributed by atoms with E-state index in [1.165, 1.54) is 5.69 Å². The first-order valence-electron chi connectivity index (χ1n) is 19.1. The second-order valence-corrected chi connectivity index (χ2v) is 15.0. The third kappa shape index (κ3) is 7.50. The summed E-state index contributed by atoms with van der Waals surface area (Å²) in [6.07, 6.45) is 10.8. The predicted molar refractivity (Wildman–Crippen MR) is 206 cm³/mol. The maximum Gasteiger partial charge on any atom is 0.328 e. The third-order valence-electron chi connectivity index (χ3n) is 11.3.